The molecular formula is C40H53N5O4S. The van der Waals surface area contributed by atoms with E-state index in [1.165, 1.54) is 16.9 Å². The molecule has 0 radical (unpaired) electrons. The molecule has 1 aliphatic heterocycles. The lowest BCUT2D eigenvalue weighted by molar-refractivity contribution is -0.153. The zero-order valence-electron chi connectivity index (χ0n) is 30.5. The number of esters is 1. The lowest BCUT2D eigenvalue weighted by Gasteiger charge is -2.56. The highest BCUT2D eigenvalue weighted by molar-refractivity contribution is 7.99. The highest BCUT2D eigenvalue weighted by Gasteiger charge is 2.64. The molecule has 0 unspecified atom stereocenters. The van der Waals surface area contributed by atoms with Crippen LogP contribution < -0.4 is 14.8 Å². The van der Waals surface area contributed by atoms with Crippen molar-refractivity contribution in [2.24, 2.45) is 28.7 Å². The van der Waals surface area contributed by atoms with E-state index < -0.39 is 5.54 Å². The van der Waals surface area contributed by atoms with Crippen molar-refractivity contribution in [3.05, 3.63) is 53.7 Å². The van der Waals surface area contributed by atoms with Crippen LogP contribution in [0.15, 0.2) is 52.4 Å². The van der Waals surface area contributed by atoms with Gasteiger partial charge in [-0.1, -0.05) is 19.9 Å². The minimum Gasteiger partial charge on any atom is -0.496 e. The minimum absolute atomic E-state index is 0.180. The smallest absolute Gasteiger partial charge is 0.341 e. The number of nitrogens with one attached hydrogen (secondary N) is 1. The molecule has 1 N–H and O–H groups in total. The summed E-state index contributed by atoms with van der Waals surface area (Å²) < 4.78 is 19.9. The fraction of sp³-hybridized carbons (Fsp3) is 0.575. The Hall–Kier alpha value is -3.34. The van der Waals surface area contributed by atoms with E-state index in [0.29, 0.717) is 23.1 Å². The predicted molar refractivity (Wildman–Crippen MR) is 200 cm³/mol. The Kier molecular flexibility index (Phi) is 10.3. The molecule has 50 heavy (non-hydrogen) atoms. The normalized spacial score (nSPS) is 25.2. The molecule has 0 amide bonds. The van der Waals surface area contributed by atoms with Crippen LogP contribution in [0.5, 0.6) is 11.5 Å². The van der Waals surface area contributed by atoms with Gasteiger partial charge in [0.2, 0.25) is 5.90 Å². The fourth-order valence-corrected chi connectivity index (χ4v) is 10.2. The molecule has 0 saturated heterocycles. The first-order chi connectivity index (χ1) is 24.2. The van der Waals surface area contributed by atoms with E-state index in [1.54, 1.807) is 14.2 Å². The van der Waals surface area contributed by atoms with Gasteiger partial charge in [-0.15, -0.1) is 11.8 Å². The van der Waals surface area contributed by atoms with Crippen molar-refractivity contribution < 1.29 is 19.0 Å². The predicted octanol–water partition coefficient (Wildman–Crippen LogP) is 7.20. The number of benzene rings is 2. The Bertz CT molecular complexity index is 1680. The SMILES string of the molecule is CNCCCN(C)CCCSc1ccc(-n2nc(C3=NC4(C(=O)O3)C3CC5CC(C3)CC4C5)cc2-c2c(OC)cccc2OC)c(C(C)C)c1. The first-order valence-electron chi connectivity index (χ1n) is 18.5. The maximum atomic E-state index is 13.9. The van der Waals surface area contributed by atoms with Gasteiger partial charge in [0.05, 0.1) is 31.2 Å². The van der Waals surface area contributed by atoms with Gasteiger partial charge in [-0.05, 0) is 156 Å². The summed E-state index contributed by atoms with van der Waals surface area (Å²) in [6.07, 6.45) is 7.91. The summed E-state index contributed by atoms with van der Waals surface area (Å²) in [7, 11) is 7.56. The summed E-state index contributed by atoms with van der Waals surface area (Å²) in [4.78, 5) is 22.8. The fourth-order valence-electron chi connectivity index (χ4n) is 9.32. The quantitative estimate of drug-likeness (QED) is 0.101. The molecule has 0 atom stereocenters. The largest absolute Gasteiger partial charge is 0.496 e. The van der Waals surface area contributed by atoms with Crippen LogP contribution in [-0.2, 0) is 9.53 Å². The molecule has 4 saturated carbocycles. The third-order valence-corrected chi connectivity index (χ3v) is 12.6. The van der Waals surface area contributed by atoms with E-state index in [0.717, 1.165) is 92.7 Å². The van der Waals surface area contributed by atoms with Crippen LogP contribution in [0.25, 0.3) is 16.9 Å². The number of aromatic nitrogens is 2. The maximum absolute atomic E-state index is 13.9. The summed E-state index contributed by atoms with van der Waals surface area (Å²) in [5.74, 6) is 4.77. The number of hydrogen-bond donors (Lipinski definition) is 1. The van der Waals surface area contributed by atoms with Crippen LogP contribution >= 0.6 is 11.8 Å². The molecule has 8 rings (SSSR count). The third kappa shape index (κ3) is 6.48. The van der Waals surface area contributed by atoms with Crippen molar-refractivity contribution in [1.29, 1.82) is 0 Å². The van der Waals surface area contributed by atoms with E-state index in [2.05, 4.69) is 49.3 Å². The summed E-state index contributed by atoms with van der Waals surface area (Å²) in [6.45, 7) is 7.69. The van der Waals surface area contributed by atoms with Crippen LogP contribution in [-0.4, -0.2) is 85.8 Å². The molecule has 5 aliphatic rings. The Morgan fingerprint density at radius 2 is 1.68 bits per heavy atom. The highest BCUT2D eigenvalue weighted by atomic mass is 32.2. The summed E-state index contributed by atoms with van der Waals surface area (Å²) in [6, 6.07) is 14.5. The van der Waals surface area contributed by atoms with Gasteiger partial charge < -0.3 is 24.4 Å². The third-order valence-electron chi connectivity index (χ3n) is 11.6. The molecule has 10 heteroatoms. The second-order valence-electron chi connectivity index (χ2n) is 15.1. The number of cyclic esters (lactones) is 1. The Labute approximate surface area is 301 Å². The van der Waals surface area contributed by atoms with Crippen LogP contribution in [0.1, 0.15) is 76.0 Å². The molecule has 4 fully saturated rings. The summed E-state index contributed by atoms with van der Waals surface area (Å²) in [5, 5.41) is 8.43. The number of methoxy groups -OCH3 is 2. The van der Waals surface area contributed by atoms with Gasteiger partial charge in [0.15, 0.2) is 5.54 Å². The molecule has 268 valence electrons. The van der Waals surface area contributed by atoms with Crippen molar-refractivity contribution >= 4 is 23.6 Å². The lowest BCUT2D eigenvalue weighted by Crippen LogP contribution is -2.59. The lowest BCUT2D eigenvalue weighted by atomic mass is 9.49. The van der Waals surface area contributed by atoms with Crippen molar-refractivity contribution in [3.63, 3.8) is 0 Å². The second kappa shape index (κ2) is 14.7. The molecule has 9 nitrogen and oxygen atoms in total. The van der Waals surface area contributed by atoms with Crippen LogP contribution in [0.4, 0.5) is 0 Å². The molecule has 4 bridgehead atoms. The van der Waals surface area contributed by atoms with Gasteiger partial charge >= 0.3 is 5.97 Å². The Morgan fingerprint density at radius 1 is 1.00 bits per heavy atom. The monoisotopic (exact) mass is 699 g/mol. The van der Waals surface area contributed by atoms with Gasteiger partial charge in [0.1, 0.15) is 17.2 Å². The van der Waals surface area contributed by atoms with E-state index >= 15 is 0 Å². The maximum Gasteiger partial charge on any atom is 0.341 e. The molecular weight excluding hydrogens is 647 g/mol. The molecule has 2 aromatic carbocycles. The average Bonchev–Trinajstić information content (AvgIpc) is 3.70. The van der Waals surface area contributed by atoms with E-state index in [1.807, 2.05) is 47.8 Å². The topological polar surface area (TPSA) is 90.2 Å². The van der Waals surface area contributed by atoms with E-state index in [9.17, 15) is 4.79 Å². The average molecular weight is 700 g/mol. The number of rotatable bonds is 15. The minimum atomic E-state index is -0.766. The number of nitrogens with zero attached hydrogens (tertiary/aromatic N) is 4. The van der Waals surface area contributed by atoms with Crippen LogP contribution in [0.2, 0.25) is 0 Å². The molecule has 1 spiro atoms. The first-order valence-corrected chi connectivity index (χ1v) is 19.5. The van der Waals surface area contributed by atoms with Gasteiger partial charge in [0.25, 0.3) is 0 Å². The van der Waals surface area contributed by atoms with Crippen molar-refractivity contribution in [3.8, 4) is 28.4 Å². The second-order valence-corrected chi connectivity index (χ2v) is 16.3. The van der Waals surface area contributed by atoms with Gasteiger partial charge in [-0.2, -0.15) is 5.10 Å². The standard InChI is InChI=1S/C40H53N5O4S/c1-25(2)31-23-30(50-17-9-16-44(4)15-8-14-41-3)12-13-33(31)45-34(37-35(47-5)10-7-11-36(37)48-6)24-32(43-45)38-42-40(39(46)49-38)28-19-26-18-27(21-28)22-29(40)20-26/h7,10-13,23-29,41H,8-9,14-22H2,1-6H3. The Balaban J connectivity index is 1.24. The van der Waals surface area contributed by atoms with Crippen LogP contribution in [0.3, 0.4) is 0 Å². The number of ether oxygens (including phenoxy) is 3. The van der Waals surface area contributed by atoms with Crippen LogP contribution in [0, 0.1) is 23.7 Å². The van der Waals surface area contributed by atoms with E-state index in [-0.39, 0.29) is 23.7 Å². The zero-order valence-corrected chi connectivity index (χ0v) is 31.4. The van der Waals surface area contributed by atoms with E-state index in [4.69, 9.17) is 24.3 Å². The van der Waals surface area contributed by atoms with Crippen molar-refractivity contribution in [2.75, 3.05) is 53.7 Å². The number of carbonyl (C=O) groups excluding carboxylic acids is 1. The van der Waals surface area contributed by atoms with Gasteiger partial charge in [0, 0.05) is 4.90 Å². The molecule has 4 aliphatic carbocycles. The number of aliphatic imine (C=N–C) groups is 1. The van der Waals surface area contributed by atoms with Gasteiger partial charge in [-0.3, -0.25) is 0 Å². The highest BCUT2D eigenvalue weighted by Crippen LogP contribution is 2.61. The number of thioether (sulfide) groups is 1. The summed E-state index contributed by atoms with van der Waals surface area (Å²) in [5.41, 5.74) is 3.53. The van der Waals surface area contributed by atoms with Gasteiger partial charge in [-0.25, -0.2) is 14.5 Å². The molecule has 1 aromatic heterocycles. The first kappa shape index (κ1) is 35.1. The molecule has 2 heterocycles. The Morgan fingerprint density at radius 3 is 2.32 bits per heavy atom. The number of hydrogen-bond acceptors (Lipinski definition) is 9. The summed E-state index contributed by atoms with van der Waals surface area (Å²) >= 11 is 1.90. The zero-order chi connectivity index (χ0) is 35.0. The number of carbonyl (C=O) groups is 1. The van der Waals surface area contributed by atoms with Crippen molar-refractivity contribution in [2.45, 2.75) is 75.1 Å². The molecule has 3 aromatic rings. The van der Waals surface area contributed by atoms with Crippen molar-refractivity contribution in [1.82, 2.24) is 20.0 Å².